The summed E-state index contributed by atoms with van der Waals surface area (Å²) in [6, 6.07) is 16.6. The van der Waals surface area contributed by atoms with Crippen LogP contribution in [0.5, 0.6) is 0 Å². The number of H-pyrrole nitrogens is 1. The third-order valence-electron chi connectivity index (χ3n) is 4.40. The molecule has 0 saturated carbocycles. The first-order valence-electron chi connectivity index (χ1n) is 8.16. The maximum absolute atomic E-state index is 12.9. The molecule has 0 aliphatic heterocycles. The van der Waals surface area contributed by atoms with Crippen molar-refractivity contribution in [3.05, 3.63) is 81.0 Å². The molecule has 2 aromatic heterocycles. The molecule has 0 radical (unpaired) electrons. The minimum Gasteiger partial charge on any atom is -0.330 e. The van der Waals surface area contributed by atoms with Gasteiger partial charge >= 0.3 is 0 Å². The van der Waals surface area contributed by atoms with Gasteiger partial charge in [-0.3, -0.25) is 14.3 Å². The van der Waals surface area contributed by atoms with Crippen LogP contribution >= 0.6 is 0 Å². The lowest BCUT2D eigenvalue weighted by Gasteiger charge is -2.07. The maximum atomic E-state index is 12.9. The van der Waals surface area contributed by atoms with E-state index in [1.165, 1.54) is 0 Å². The highest BCUT2D eigenvalue weighted by Crippen LogP contribution is 2.17. The van der Waals surface area contributed by atoms with Crippen LogP contribution in [0.2, 0.25) is 0 Å². The Kier molecular flexibility index (Phi) is 3.69. The quantitative estimate of drug-likeness (QED) is 0.596. The van der Waals surface area contributed by atoms with Gasteiger partial charge in [0.15, 0.2) is 5.82 Å². The second kappa shape index (κ2) is 6.03. The summed E-state index contributed by atoms with van der Waals surface area (Å²) in [7, 11) is 1.80. The molecule has 0 amide bonds. The highest BCUT2D eigenvalue weighted by Gasteiger charge is 2.17. The SMILES string of the molecule is Cc1c(Nc2nc3ccccc3[nH]c2=O)c(=O)n(-c2ccccc2)n1C. The van der Waals surface area contributed by atoms with Crippen LogP contribution in [-0.4, -0.2) is 19.3 Å². The highest BCUT2D eigenvalue weighted by atomic mass is 16.1. The lowest BCUT2D eigenvalue weighted by atomic mass is 10.3. The van der Waals surface area contributed by atoms with Crippen LogP contribution in [0.15, 0.2) is 64.2 Å². The Morgan fingerprint density at radius 2 is 1.69 bits per heavy atom. The first kappa shape index (κ1) is 15.9. The Bertz CT molecular complexity index is 1220. The van der Waals surface area contributed by atoms with Crippen LogP contribution in [0.4, 0.5) is 11.5 Å². The number of nitrogens with one attached hydrogen (secondary N) is 2. The highest BCUT2D eigenvalue weighted by molar-refractivity contribution is 5.76. The average Bonchev–Trinajstić information content (AvgIpc) is 2.86. The molecule has 0 bridgehead atoms. The number of para-hydroxylation sites is 3. The molecule has 7 nitrogen and oxygen atoms in total. The first-order chi connectivity index (χ1) is 12.6. The number of nitrogens with zero attached hydrogens (tertiary/aromatic N) is 3. The second-order valence-corrected chi connectivity index (χ2v) is 5.99. The van der Waals surface area contributed by atoms with E-state index in [1.807, 2.05) is 49.4 Å². The summed E-state index contributed by atoms with van der Waals surface area (Å²) < 4.78 is 3.29. The first-order valence-corrected chi connectivity index (χ1v) is 8.16. The molecule has 4 rings (SSSR count). The number of hydrogen-bond donors (Lipinski definition) is 2. The number of rotatable bonds is 3. The Labute approximate surface area is 148 Å². The monoisotopic (exact) mass is 347 g/mol. The van der Waals surface area contributed by atoms with Crippen molar-refractivity contribution in [3.63, 3.8) is 0 Å². The van der Waals surface area contributed by atoms with Crippen LogP contribution in [0.3, 0.4) is 0 Å². The molecule has 0 atom stereocenters. The van der Waals surface area contributed by atoms with Crippen molar-refractivity contribution < 1.29 is 0 Å². The van der Waals surface area contributed by atoms with Crippen LogP contribution in [-0.2, 0) is 7.05 Å². The second-order valence-electron chi connectivity index (χ2n) is 5.99. The zero-order chi connectivity index (χ0) is 18.3. The third kappa shape index (κ3) is 2.50. The fourth-order valence-electron chi connectivity index (χ4n) is 2.94. The fraction of sp³-hybridized carbons (Fsp3) is 0.105. The van der Waals surface area contributed by atoms with Gasteiger partial charge < -0.3 is 10.3 Å². The van der Waals surface area contributed by atoms with Gasteiger partial charge in [0.2, 0.25) is 0 Å². The predicted octanol–water partition coefficient (Wildman–Crippen LogP) is 2.46. The van der Waals surface area contributed by atoms with Crippen molar-refractivity contribution in [2.75, 3.05) is 5.32 Å². The molecule has 0 aliphatic rings. The Morgan fingerprint density at radius 3 is 2.46 bits per heavy atom. The molecule has 0 fully saturated rings. The maximum Gasteiger partial charge on any atom is 0.295 e. The van der Waals surface area contributed by atoms with Crippen molar-refractivity contribution in [2.45, 2.75) is 6.92 Å². The predicted molar refractivity (Wildman–Crippen MR) is 101 cm³/mol. The van der Waals surface area contributed by atoms with E-state index in [-0.39, 0.29) is 16.9 Å². The Hall–Kier alpha value is -3.61. The number of fused-ring (bicyclic) bond motifs is 1. The normalized spacial score (nSPS) is 11.0. The molecule has 2 heterocycles. The molecular formula is C19H17N5O2. The fourth-order valence-corrected chi connectivity index (χ4v) is 2.94. The van der Waals surface area contributed by atoms with E-state index in [9.17, 15) is 9.59 Å². The van der Waals surface area contributed by atoms with Crippen LogP contribution in [0, 0.1) is 6.92 Å². The molecule has 2 N–H and O–H groups in total. The van der Waals surface area contributed by atoms with Gasteiger partial charge in [-0.15, -0.1) is 0 Å². The summed E-state index contributed by atoms with van der Waals surface area (Å²) in [5.41, 5.74) is 2.44. The van der Waals surface area contributed by atoms with E-state index >= 15 is 0 Å². The Balaban J connectivity index is 1.84. The van der Waals surface area contributed by atoms with E-state index in [2.05, 4.69) is 15.3 Å². The summed E-state index contributed by atoms with van der Waals surface area (Å²) in [6.07, 6.45) is 0. The molecule has 4 aromatic rings. The molecule has 0 unspecified atom stereocenters. The average molecular weight is 347 g/mol. The van der Waals surface area contributed by atoms with Gasteiger partial charge in [0.1, 0.15) is 5.69 Å². The summed E-state index contributed by atoms with van der Waals surface area (Å²) in [5.74, 6) is 0.0923. The summed E-state index contributed by atoms with van der Waals surface area (Å²) in [5, 5.41) is 2.92. The lowest BCUT2D eigenvalue weighted by Crippen LogP contribution is -2.22. The molecule has 0 saturated heterocycles. The minimum atomic E-state index is -0.377. The largest absolute Gasteiger partial charge is 0.330 e. The van der Waals surface area contributed by atoms with Gasteiger partial charge in [-0.05, 0) is 31.2 Å². The van der Waals surface area contributed by atoms with Crippen molar-refractivity contribution in [2.24, 2.45) is 7.05 Å². The van der Waals surface area contributed by atoms with Crippen LogP contribution < -0.4 is 16.4 Å². The Morgan fingerprint density at radius 1 is 1.00 bits per heavy atom. The number of aromatic nitrogens is 4. The molecule has 130 valence electrons. The summed E-state index contributed by atoms with van der Waals surface area (Å²) >= 11 is 0. The summed E-state index contributed by atoms with van der Waals surface area (Å²) in [6.45, 7) is 1.82. The zero-order valence-electron chi connectivity index (χ0n) is 14.4. The number of hydrogen-bond acceptors (Lipinski definition) is 4. The van der Waals surface area contributed by atoms with Crippen molar-refractivity contribution in [3.8, 4) is 5.69 Å². The molecule has 0 aliphatic carbocycles. The lowest BCUT2D eigenvalue weighted by molar-refractivity contribution is 0.630. The van der Waals surface area contributed by atoms with E-state index in [1.54, 1.807) is 28.5 Å². The van der Waals surface area contributed by atoms with E-state index < -0.39 is 0 Å². The zero-order valence-corrected chi connectivity index (χ0v) is 14.4. The van der Waals surface area contributed by atoms with Gasteiger partial charge in [-0.1, -0.05) is 30.3 Å². The van der Waals surface area contributed by atoms with Gasteiger partial charge in [0.25, 0.3) is 11.1 Å². The molecule has 2 aromatic carbocycles. The third-order valence-corrected chi connectivity index (χ3v) is 4.40. The van der Waals surface area contributed by atoms with E-state index in [4.69, 9.17) is 0 Å². The van der Waals surface area contributed by atoms with Gasteiger partial charge in [-0.25, -0.2) is 9.67 Å². The number of anilines is 2. The van der Waals surface area contributed by atoms with Crippen molar-refractivity contribution >= 4 is 22.5 Å². The van der Waals surface area contributed by atoms with Gasteiger partial charge in [-0.2, -0.15) is 0 Å². The van der Waals surface area contributed by atoms with Gasteiger partial charge in [0.05, 0.1) is 22.4 Å². The molecule has 26 heavy (non-hydrogen) atoms. The standard InChI is InChI=1S/C19H17N5O2/c1-12-16(19(26)24(23(12)2)13-8-4-3-5-9-13)22-17-18(25)21-15-11-7-6-10-14(15)20-17/h3-11H,1-2H3,(H,20,22)(H,21,25). The summed E-state index contributed by atoms with van der Waals surface area (Å²) in [4.78, 5) is 32.4. The van der Waals surface area contributed by atoms with Crippen LogP contribution in [0.1, 0.15) is 5.69 Å². The smallest absolute Gasteiger partial charge is 0.295 e. The minimum absolute atomic E-state index is 0.0923. The molecule has 7 heteroatoms. The number of benzene rings is 2. The number of aromatic amines is 1. The van der Waals surface area contributed by atoms with Crippen LogP contribution in [0.25, 0.3) is 16.7 Å². The van der Waals surface area contributed by atoms with E-state index in [0.29, 0.717) is 22.4 Å². The molecular weight excluding hydrogens is 330 g/mol. The van der Waals surface area contributed by atoms with E-state index in [0.717, 1.165) is 5.69 Å². The molecule has 0 spiro atoms. The van der Waals surface area contributed by atoms with Crippen molar-refractivity contribution in [1.82, 2.24) is 19.3 Å². The van der Waals surface area contributed by atoms with Crippen molar-refractivity contribution in [1.29, 1.82) is 0 Å². The van der Waals surface area contributed by atoms with Gasteiger partial charge in [0, 0.05) is 7.05 Å². The topological polar surface area (TPSA) is 84.7 Å².